The van der Waals surface area contributed by atoms with Gasteiger partial charge in [-0.3, -0.25) is 4.90 Å². The maximum Gasteiger partial charge on any atom is 0.411 e. The fraction of sp³-hybridized carbons (Fsp3) is 0.400. The molecule has 1 N–H and O–H groups in total. The number of cyclic esters (lactones) is 1. The van der Waals surface area contributed by atoms with Gasteiger partial charge >= 0.3 is 6.09 Å². The van der Waals surface area contributed by atoms with Crippen LogP contribution in [0.5, 0.6) is 0 Å². The van der Waals surface area contributed by atoms with Gasteiger partial charge in [0.25, 0.3) is 0 Å². The van der Waals surface area contributed by atoms with Gasteiger partial charge in [-0.05, 0) is 25.0 Å². The van der Waals surface area contributed by atoms with Gasteiger partial charge < -0.3 is 9.84 Å². The molecule has 102 valence electrons. The number of aliphatic hydroxyl groups is 1. The van der Waals surface area contributed by atoms with Gasteiger partial charge in [0, 0.05) is 0 Å². The molecule has 0 spiro atoms. The first-order chi connectivity index (χ1) is 9.03. The van der Waals surface area contributed by atoms with Crippen molar-refractivity contribution in [3.8, 4) is 0 Å². The zero-order valence-electron chi connectivity index (χ0n) is 11.3. The average molecular weight is 261 g/mol. The largest absolute Gasteiger partial charge is 0.446 e. The number of carbonyl (C=O) groups is 1. The van der Waals surface area contributed by atoms with Crippen LogP contribution < -0.4 is 0 Å². The van der Waals surface area contributed by atoms with Gasteiger partial charge in [-0.25, -0.2) is 4.79 Å². The molecule has 2 atom stereocenters. The van der Waals surface area contributed by atoms with Crippen molar-refractivity contribution in [2.24, 2.45) is 0 Å². The summed E-state index contributed by atoms with van der Waals surface area (Å²) in [6, 6.07) is 9.51. The predicted molar refractivity (Wildman–Crippen MR) is 72.7 cm³/mol. The minimum absolute atomic E-state index is 0.148. The van der Waals surface area contributed by atoms with Crippen molar-refractivity contribution in [3.05, 3.63) is 48.0 Å². The van der Waals surface area contributed by atoms with Crippen LogP contribution >= 0.6 is 0 Å². The van der Waals surface area contributed by atoms with E-state index in [1.54, 1.807) is 4.90 Å². The Morgan fingerprint density at radius 3 is 2.68 bits per heavy atom. The Morgan fingerprint density at radius 2 is 2.16 bits per heavy atom. The van der Waals surface area contributed by atoms with Crippen molar-refractivity contribution in [3.63, 3.8) is 0 Å². The molecule has 19 heavy (non-hydrogen) atoms. The van der Waals surface area contributed by atoms with Crippen LogP contribution in [0.1, 0.15) is 25.5 Å². The second-order valence-corrected chi connectivity index (χ2v) is 4.98. The van der Waals surface area contributed by atoms with Gasteiger partial charge in [0.2, 0.25) is 0 Å². The number of aliphatic hydroxyl groups excluding tert-OH is 1. The van der Waals surface area contributed by atoms with Gasteiger partial charge in [0.05, 0.1) is 12.6 Å². The first-order valence-electron chi connectivity index (χ1n) is 6.31. The third-order valence-corrected chi connectivity index (χ3v) is 3.82. The Morgan fingerprint density at radius 1 is 1.53 bits per heavy atom. The fourth-order valence-electron chi connectivity index (χ4n) is 2.49. The fourth-order valence-corrected chi connectivity index (χ4v) is 2.49. The highest BCUT2D eigenvalue weighted by Gasteiger charge is 2.50. The topological polar surface area (TPSA) is 49.8 Å². The van der Waals surface area contributed by atoms with Crippen LogP contribution in [0, 0.1) is 0 Å². The van der Waals surface area contributed by atoms with Crippen LogP contribution in [0.3, 0.4) is 0 Å². The van der Waals surface area contributed by atoms with Crippen LogP contribution in [0.15, 0.2) is 42.5 Å². The quantitative estimate of drug-likeness (QED) is 0.847. The third-order valence-electron chi connectivity index (χ3n) is 3.82. The highest BCUT2D eigenvalue weighted by Crippen LogP contribution is 2.37. The molecule has 1 unspecified atom stereocenters. The number of hydrogen-bond acceptors (Lipinski definition) is 3. The predicted octanol–water partition coefficient (Wildman–Crippen LogP) is 2.51. The Bertz CT molecular complexity index is 485. The van der Waals surface area contributed by atoms with Gasteiger partial charge in [-0.2, -0.15) is 0 Å². The number of carbonyl (C=O) groups excluding carboxylic acids is 1. The third kappa shape index (κ3) is 2.12. The lowest BCUT2D eigenvalue weighted by Gasteiger charge is -2.38. The zero-order valence-corrected chi connectivity index (χ0v) is 11.3. The van der Waals surface area contributed by atoms with Gasteiger partial charge in [0.15, 0.2) is 0 Å². The molecule has 1 fully saturated rings. The van der Waals surface area contributed by atoms with E-state index in [0.717, 1.165) is 11.1 Å². The van der Waals surface area contributed by atoms with Crippen molar-refractivity contribution in [2.45, 2.75) is 25.4 Å². The molecule has 1 amide bonds. The standard InChI is InChI=1S/C15H19NO3/c1-11(2)15(9-17)10-19-14(18)16(15)12(3)13-7-5-4-6-8-13/h4-8,12,17H,1,9-10H2,2-3H3/t12?,15-/m0/s1. The van der Waals surface area contributed by atoms with E-state index in [2.05, 4.69) is 6.58 Å². The smallest absolute Gasteiger partial charge is 0.411 e. The second kappa shape index (κ2) is 5.05. The number of ether oxygens (including phenoxy) is 1. The normalized spacial score (nSPS) is 24.2. The summed E-state index contributed by atoms with van der Waals surface area (Å²) in [5, 5.41) is 9.74. The van der Waals surface area contributed by atoms with Gasteiger partial charge in [-0.15, -0.1) is 0 Å². The molecule has 1 aliphatic heterocycles. The van der Waals surface area contributed by atoms with E-state index in [1.807, 2.05) is 44.2 Å². The molecule has 0 aliphatic carbocycles. The van der Waals surface area contributed by atoms with Crippen molar-refractivity contribution in [1.82, 2.24) is 4.90 Å². The molecule has 1 heterocycles. The summed E-state index contributed by atoms with van der Waals surface area (Å²) in [7, 11) is 0. The maximum absolute atomic E-state index is 12.0. The molecule has 0 radical (unpaired) electrons. The molecule has 1 saturated heterocycles. The second-order valence-electron chi connectivity index (χ2n) is 4.98. The number of nitrogens with zero attached hydrogens (tertiary/aromatic N) is 1. The van der Waals surface area contributed by atoms with Crippen LogP contribution in [0.25, 0.3) is 0 Å². The van der Waals surface area contributed by atoms with Crippen LogP contribution in [-0.4, -0.2) is 34.9 Å². The molecular formula is C15H19NO3. The van der Waals surface area contributed by atoms with E-state index in [9.17, 15) is 9.90 Å². The maximum atomic E-state index is 12.0. The lowest BCUT2D eigenvalue weighted by atomic mass is 9.90. The first-order valence-corrected chi connectivity index (χ1v) is 6.31. The van der Waals surface area contributed by atoms with Crippen LogP contribution in [-0.2, 0) is 4.74 Å². The molecule has 4 nitrogen and oxygen atoms in total. The van der Waals surface area contributed by atoms with Gasteiger partial charge in [0.1, 0.15) is 12.1 Å². The summed E-state index contributed by atoms with van der Waals surface area (Å²) < 4.78 is 5.14. The number of hydrogen-bond donors (Lipinski definition) is 1. The molecule has 1 aromatic carbocycles. The van der Waals surface area contributed by atoms with Crippen molar-refractivity contribution < 1.29 is 14.6 Å². The molecular weight excluding hydrogens is 242 g/mol. The van der Waals surface area contributed by atoms with Crippen molar-refractivity contribution >= 4 is 6.09 Å². The molecule has 2 rings (SSSR count). The molecule has 1 aliphatic rings. The lowest BCUT2D eigenvalue weighted by molar-refractivity contribution is 0.0893. The number of rotatable bonds is 4. The molecule has 4 heteroatoms. The van der Waals surface area contributed by atoms with E-state index >= 15 is 0 Å². The summed E-state index contributed by atoms with van der Waals surface area (Å²) in [6.07, 6.45) is -0.409. The van der Waals surface area contributed by atoms with E-state index in [1.165, 1.54) is 0 Å². The monoisotopic (exact) mass is 261 g/mol. The Balaban J connectivity index is 2.40. The van der Waals surface area contributed by atoms with Crippen molar-refractivity contribution in [2.75, 3.05) is 13.2 Å². The molecule has 0 saturated carbocycles. The Hall–Kier alpha value is -1.81. The van der Waals surface area contributed by atoms with Crippen LogP contribution in [0.2, 0.25) is 0 Å². The highest BCUT2D eigenvalue weighted by atomic mass is 16.6. The summed E-state index contributed by atoms with van der Waals surface area (Å²) >= 11 is 0. The lowest BCUT2D eigenvalue weighted by Crippen LogP contribution is -2.51. The molecule has 0 aromatic heterocycles. The minimum Gasteiger partial charge on any atom is -0.446 e. The summed E-state index contributed by atoms with van der Waals surface area (Å²) in [5.41, 5.74) is 0.899. The summed E-state index contributed by atoms with van der Waals surface area (Å²) in [5.74, 6) is 0. The first kappa shape index (κ1) is 13.6. The zero-order chi connectivity index (χ0) is 14.0. The minimum atomic E-state index is -0.827. The number of amides is 1. The van der Waals surface area contributed by atoms with E-state index < -0.39 is 11.6 Å². The summed E-state index contributed by atoms with van der Waals surface area (Å²) in [6.45, 7) is 7.60. The van der Waals surface area contributed by atoms with Crippen LogP contribution in [0.4, 0.5) is 4.79 Å². The van der Waals surface area contributed by atoms with Gasteiger partial charge in [-0.1, -0.05) is 36.9 Å². The Kier molecular flexibility index (Phi) is 3.62. The van der Waals surface area contributed by atoms with E-state index in [0.29, 0.717) is 0 Å². The molecule has 1 aromatic rings. The summed E-state index contributed by atoms with van der Waals surface area (Å²) in [4.78, 5) is 13.6. The average Bonchev–Trinajstić information content (AvgIpc) is 2.77. The molecule has 0 bridgehead atoms. The highest BCUT2D eigenvalue weighted by molar-refractivity contribution is 5.73. The number of benzene rings is 1. The van der Waals surface area contributed by atoms with E-state index in [-0.39, 0.29) is 19.3 Å². The Labute approximate surface area is 113 Å². The SMILES string of the molecule is C=C(C)[C@]1(CO)COC(=O)N1C(C)c1ccccc1. The van der Waals surface area contributed by atoms with E-state index in [4.69, 9.17) is 4.74 Å². The van der Waals surface area contributed by atoms with Crippen molar-refractivity contribution in [1.29, 1.82) is 0 Å².